The number of benzene rings is 1. The Labute approximate surface area is 143 Å². The molecular weight excluding hydrogens is 304 g/mol. The van der Waals surface area contributed by atoms with E-state index in [1.807, 2.05) is 25.3 Å². The predicted molar refractivity (Wildman–Crippen MR) is 97.0 cm³/mol. The molecule has 0 spiro atoms. The summed E-state index contributed by atoms with van der Waals surface area (Å²) in [4.78, 5) is 5.79. The van der Waals surface area contributed by atoms with Crippen molar-refractivity contribution in [3.8, 4) is 16.2 Å². The molecule has 3 nitrogen and oxygen atoms in total. The van der Waals surface area contributed by atoms with Gasteiger partial charge in [-0.25, -0.2) is 4.98 Å². The highest BCUT2D eigenvalue weighted by Crippen LogP contribution is 2.33. The average Bonchev–Trinajstić information content (AvgIpc) is 2.89. The first kappa shape index (κ1) is 16.5. The Morgan fingerprint density at radius 2 is 1.96 bits per heavy atom. The normalized spacial score (nSPS) is 16.2. The van der Waals surface area contributed by atoms with Crippen LogP contribution in [0, 0.1) is 0 Å². The molecule has 1 N–H and O–H groups in total. The maximum atomic E-state index is 5.73. The maximum absolute atomic E-state index is 5.73. The molecule has 1 aliphatic carbocycles. The highest BCUT2D eigenvalue weighted by molar-refractivity contribution is 7.15. The molecule has 2 aromatic rings. The Hall–Kier alpha value is -1.39. The molecule has 3 rings (SSSR count). The van der Waals surface area contributed by atoms with Gasteiger partial charge in [-0.1, -0.05) is 37.8 Å². The van der Waals surface area contributed by atoms with Crippen LogP contribution >= 0.6 is 11.3 Å². The predicted octanol–water partition coefficient (Wildman–Crippen LogP) is 5.02. The maximum Gasteiger partial charge on any atom is 0.127 e. The van der Waals surface area contributed by atoms with Gasteiger partial charge in [-0.15, -0.1) is 11.3 Å². The standard InChI is InChI=1S/C19H26N2OS/c1-2-22-17-12-8-7-11-16(17)18-13-21-19(23-18)14-20-15-9-5-3-4-6-10-15/h7-8,11-13,15,20H,2-6,9-10,14H2,1H3. The van der Waals surface area contributed by atoms with Crippen LogP contribution < -0.4 is 10.1 Å². The first-order valence-electron chi connectivity index (χ1n) is 8.77. The number of hydrogen-bond donors (Lipinski definition) is 1. The zero-order valence-corrected chi connectivity index (χ0v) is 14.7. The van der Waals surface area contributed by atoms with Crippen molar-refractivity contribution in [2.45, 2.75) is 58.0 Å². The first-order valence-corrected chi connectivity index (χ1v) is 9.58. The van der Waals surface area contributed by atoms with E-state index in [1.165, 1.54) is 43.4 Å². The molecular formula is C19H26N2OS. The molecule has 0 bridgehead atoms. The molecule has 1 aliphatic rings. The first-order chi connectivity index (χ1) is 11.4. The van der Waals surface area contributed by atoms with Crippen molar-refractivity contribution in [1.82, 2.24) is 10.3 Å². The fraction of sp³-hybridized carbons (Fsp3) is 0.526. The summed E-state index contributed by atoms with van der Waals surface area (Å²) >= 11 is 1.77. The van der Waals surface area contributed by atoms with Crippen LogP contribution in [0.2, 0.25) is 0 Å². The van der Waals surface area contributed by atoms with E-state index in [-0.39, 0.29) is 0 Å². The van der Waals surface area contributed by atoms with Gasteiger partial charge in [0.05, 0.1) is 11.5 Å². The summed E-state index contributed by atoms with van der Waals surface area (Å²) in [7, 11) is 0. The second-order valence-corrected chi connectivity index (χ2v) is 7.23. The summed E-state index contributed by atoms with van der Waals surface area (Å²) in [6.45, 7) is 3.59. The van der Waals surface area contributed by atoms with Gasteiger partial charge in [0.25, 0.3) is 0 Å². The molecule has 4 heteroatoms. The molecule has 0 radical (unpaired) electrons. The van der Waals surface area contributed by atoms with E-state index in [1.54, 1.807) is 11.3 Å². The largest absolute Gasteiger partial charge is 0.493 e. The molecule has 1 aromatic carbocycles. The van der Waals surface area contributed by atoms with E-state index in [9.17, 15) is 0 Å². The number of aromatic nitrogens is 1. The van der Waals surface area contributed by atoms with Crippen molar-refractivity contribution in [3.63, 3.8) is 0 Å². The lowest BCUT2D eigenvalue weighted by Gasteiger charge is -2.14. The van der Waals surface area contributed by atoms with Crippen molar-refractivity contribution in [2.24, 2.45) is 0 Å². The summed E-state index contributed by atoms with van der Waals surface area (Å²) < 4.78 is 5.73. The van der Waals surface area contributed by atoms with Gasteiger partial charge >= 0.3 is 0 Å². The second-order valence-electron chi connectivity index (χ2n) is 6.12. The van der Waals surface area contributed by atoms with Crippen LogP contribution in [0.1, 0.15) is 50.5 Å². The third kappa shape index (κ3) is 4.55. The third-order valence-electron chi connectivity index (χ3n) is 4.40. The van der Waals surface area contributed by atoms with Crippen LogP contribution in [0.5, 0.6) is 5.75 Å². The minimum absolute atomic E-state index is 0.667. The number of nitrogens with zero attached hydrogens (tertiary/aromatic N) is 1. The Morgan fingerprint density at radius 1 is 1.17 bits per heavy atom. The van der Waals surface area contributed by atoms with Gasteiger partial charge in [0.2, 0.25) is 0 Å². The number of thiazole rings is 1. The van der Waals surface area contributed by atoms with Crippen LogP contribution in [0.25, 0.3) is 10.4 Å². The molecule has 1 heterocycles. The minimum Gasteiger partial charge on any atom is -0.493 e. The highest BCUT2D eigenvalue weighted by atomic mass is 32.1. The molecule has 1 fully saturated rings. The molecule has 1 saturated carbocycles. The van der Waals surface area contributed by atoms with Crippen LogP contribution in [0.4, 0.5) is 0 Å². The summed E-state index contributed by atoms with van der Waals surface area (Å²) in [5.74, 6) is 0.946. The molecule has 23 heavy (non-hydrogen) atoms. The number of ether oxygens (including phenoxy) is 1. The van der Waals surface area contributed by atoms with E-state index in [2.05, 4.69) is 22.4 Å². The lowest BCUT2D eigenvalue weighted by atomic mass is 10.1. The third-order valence-corrected chi connectivity index (χ3v) is 5.43. The zero-order valence-electron chi connectivity index (χ0n) is 13.9. The van der Waals surface area contributed by atoms with Gasteiger partial charge in [0.1, 0.15) is 10.8 Å². The lowest BCUT2D eigenvalue weighted by molar-refractivity contribution is 0.341. The van der Waals surface area contributed by atoms with E-state index in [0.717, 1.165) is 22.9 Å². The van der Waals surface area contributed by atoms with Gasteiger partial charge in [-0.3, -0.25) is 0 Å². The quantitative estimate of drug-likeness (QED) is 0.755. The highest BCUT2D eigenvalue weighted by Gasteiger charge is 2.13. The van der Waals surface area contributed by atoms with Crippen LogP contribution in [-0.4, -0.2) is 17.6 Å². The fourth-order valence-corrected chi connectivity index (χ4v) is 4.08. The van der Waals surface area contributed by atoms with Crippen LogP contribution in [-0.2, 0) is 6.54 Å². The van der Waals surface area contributed by atoms with E-state index in [0.29, 0.717) is 12.6 Å². The number of para-hydroxylation sites is 1. The van der Waals surface area contributed by atoms with Gasteiger partial charge in [0, 0.05) is 24.3 Å². The molecule has 1 aromatic heterocycles. The van der Waals surface area contributed by atoms with E-state index >= 15 is 0 Å². The van der Waals surface area contributed by atoms with Gasteiger partial charge < -0.3 is 10.1 Å². The molecule has 0 aliphatic heterocycles. The molecule has 0 atom stereocenters. The number of hydrogen-bond acceptors (Lipinski definition) is 4. The minimum atomic E-state index is 0.667. The van der Waals surface area contributed by atoms with Crippen molar-refractivity contribution >= 4 is 11.3 Å². The summed E-state index contributed by atoms with van der Waals surface area (Å²) in [6, 6.07) is 8.88. The smallest absolute Gasteiger partial charge is 0.127 e. The van der Waals surface area contributed by atoms with E-state index < -0.39 is 0 Å². The fourth-order valence-electron chi connectivity index (χ4n) is 3.18. The second kappa shape index (κ2) is 8.46. The van der Waals surface area contributed by atoms with Gasteiger partial charge in [-0.05, 0) is 31.9 Å². The lowest BCUT2D eigenvalue weighted by Crippen LogP contribution is -2.27. The molecule has 0 unspecified atom stereocenters. The Morgan fingerprint density at radius 3 is 2.74 bits per heavy atom. The summed E-state index contributed by atoms with van der Waals surface area (Å²) in [6.07, 6.45) is 10.1. The Balaban J connectivity index is 1.64. The summed E-state index contributed by atoms with van der Waals surface area (Å²) in [5.41, 5.74) is 1.15. The summed E-state index contributed by atoms with van der Waals surface area (Å²) in [5, 5.41) is 4.86. The van der Waals surface area contributed by atoms with Crippen molar-refractivity contribution < 1.29 is 4.74 Å². The van der Waals surface area contributed by atoms with Gasteiger partial charge in [0.15, 0.2) is 0 Å². The number of rotatable bonds is 6. The zero-order chi connectivity index (χ0) is 15.9. The molecule has 124 valence electrons. The van der Waals surface area contributed by atoms with Crippen molar-refractivity contribution in [2.75, 3.05) is 6.61 Å². The van der Waals surface area contributed by atoms with Crippen LogP contribution in [0.3, 0.4) is 0 Å². The van der Waals surface area contributed by atoms with Crippen LogP contribution in [0.15, 0.2) is 30.5 Å². The Kier molecular flexibility index (Phi) is 6.06. The monoisotopic (exact) mass is 330 g/mol. The molecule has 0 amide bonds. The van der Waals surface area contributed by atoms with Crippen molar-refractivity contribution in [3.05, 3.63) is 35.5 Å². The van der Waals surface area contributed by atoms with Gasteiger partial charge in [-0.2, -0.15) is 0 Å². The Bertz CT molecular complexity index is 603. The SMILES string of the molecule is CCOc1ccccc1-c1cnc(CNC2CCCCCC2)s1. The molecule has 0 saturated heterocycles. The topological polar surface area (TPSA) is 34.1 Å². The van der Waals surface area contributed by atoms with Crippen molar-refractivity contribution in [1.29, 1.82) is 0 Å². The average molecular weight is 330 g/mol. The van der Waals surface area contributed by atoms with E-state index in [4.69, 9.17) is 4.74 Å². The number of nitrogens with one attached hydrogen (secondary N) is 1.